The summed E-state index contributed by atoms with van der Waals surface area (Å²) < 4.78 is 6.57. The molecule has 0 bridgehead atoms. The Balaban J connectivity index is 1.45. The van der Waals surface area contributed by atoms with E-state index in [1.807, 2.05) is 49.4 Å². The number of rotatable bonds is 8. The number of carbonyl (C=O) groups excluding carboxylic acids is 1. The highest BCUT2D eigenvalue weighted by Crippen LogP contribution is 2.38. The predicted molar refractivity (Wildman–Crippen MR) is 161 cm³/mol. The summed E-state index contributed by atoms with van der Waals surface area (Å²) in [6.45, 7) is 12.5. The molecule has 2 N–H and O–H groups in total. The Morgan fingerprint density at radius 3 is 2.67 bits per heavy atom. The molecule has 0 aliphatic carbocycles. The Morgan fingerprint density at radius 2 is 1.88 bits per heavy atom. The molecule has 1 aliphatic rings. The van der Waals surface area contributed by atoms with E-state index in [0.717, 1.165) is 58.4 Å². The van der Waals surface area contributed by atoms with E-state index in [9.17, 15) is 4.79 Å². The number of ether oxygens (including phenoxy) is 1. The van der Waals surface area contributed by atoms with Gasteiger partial charge in [-0.15, -0.1) is 0 Å². The number of anilines is 1. The summed E-state index contributed by atoms with van der Waals surface area (Å²) in [7, 11) is 0. The number of aromatic nitrogens is 3. The van der Waals surface area contributed by atoms with Crippen LogP contribution >= 0.6 is 0 Å². The van der Waals surface area contributed by atoms with Crippen LogP contribution in [0.25, 0.3) is 22.0 Å². The normalized spacial score (nSPS) is 17.5. The molecule has 4 aromatic rings. The zero-order chi connectivity index (χ0) is 28.3. The third-order valence-corrected chi connectivity index (χ3v) is 7.22. The van der Waals surface area contributed by atoms with Crippen LogP contribution in [0.1, 0.15) is 51.7 Å². The molecule has 0 amide bonds. The summed E-state index contributed by atoms with van der Waals surface area (Å²) in [6.07, 6.45) is 5.52. The Hall–Kier alpha value is -3.84. The SMILES string of the molecule is Cc1ccc2c(CC(=O)CC(C)(C)C)cccc2c1Oc1ncccc1-c1ccnc(N[C@@H]2CNC[C@H](C)C2)n1. The van der Waals surface area contributed by atoms with Crippen LogP contribution in [-0.4, -0.2) is 39.9 Å². The molecule has 1 aliphatic heterocycles. The van der Waals surface area contributed by atoms with Crippen molar-refractivity contribution in [3.63, 3.8) is 0 Å². The van der Waals surface area contributed by atoms with Gasteiger partial charge in [0.1, 0.15) is 11.5 Å². The summed E-state index contributed by atoms with van der Waals surface area (Å²) in [5.41, 5.74) is 3.49. The van der Waals surface area contributed by atoms with Gasteiger partial charge in [-0.3, -0.25) is 4.79 Å². The standard InChI is InChI=1S/C33H39N5O2/c1-21-16-24(20-34-19-21)37-32-36-15-13-29(38-32)28-10-7-14-35-31(28)40-30-22(2)11-12-26-23(8-6-9-27(26)30)17-25(39)18-33(3,4)5/h6-15,21,24,34H,16-20H2,1-5H3,(H,36,37,38)/t21-,24+/m1/s1. The Labute approximate surface area is 236 Å². The quantitative estimate of drug-likeness (QED) is 0.257. The molecule has 0 radical (unpaired) electrons. The van der Waals surface area contributed by atoms with Crippen LogP contribution in [-0.2, 0) is 11.2 Å². The number of hydrogen-bond donors (Lipinski definition) is 2. The molecule has 7 nitrogen and oxygen atoms in total. The van der Waals surface area contributed by atoms with Crippen molar-refractivity contribution >= 4 is 22.5 Å². The monoisotopic (exact) mass is 537 g/mol. The molecular weight excluding hydrogens is 498 g/mol. The van der Waals surface area contributed by atoms with Crippen LogP contribution in [0.2, 0.25) is 0 Å². The van der Waals surface area contributed by atoms with Crippen LogP contribution in [0.5, 0.6) is 11.6 Å². The second kappa shape index (κ2) is 11.7. The fourth-order valence-electron chi connectivity index (χ4n) is 5.45. The number of pyridine rings is 1. The highest BCUT2D eigenvalue weighted by molar-refractivity contribution is 5.95. The molecule has 3 heterocycles. The Kier molecular flexibility index (Phi) is 8.12. The molecule has 2 aromatic carbocycles. The number of benzene rings is 2. The van der Waals surface area contributed by atoms with Gasteiger partial charge in [-0.1, -0.05) is 58.0 Å². The number of fused-ring (bicyclic) bond motifs is 1. The number of hydrogen-bond acceptors (Lipinski definition) is 7. The fourth-order valence-corrected chi connectivity index (χ4v) is 5.45. The van der Waals surface area contributed by atoms with Gasteiger partial charge in [-0.05, 0) is 65.9 Å². The maximum absolute atomic E-state index is 12.8. The molecule has 40 heavy (non-hydrogen) atoms. The third kappa shape index (κ3) is 6.65. The van der Waals surface area contributed by atoms with E-state index in [1.54, 1.807) is 12.4 Å². The van der Waals surface area contributed by atoms with E-state index in [-0.39, 0.29) is 17.2 Å². The lowest BCUT2D eigenvalue weighted by Gasteiger charge is -2.28. The third-order valence-electron chi connectivity index (χ3n) is 7.22. The number of carbonyl (C=O) groups is 1. The van der Waals surface area contributed by atoms with Gasteiger partial charge in [0.15, 0.2) is 0 Å². The molecule has 208 valence electrons. The molecule has 0 saturated carbocycles. The molecule has 1 saturated heterocycles. The summed E-state index contributed by atoms with van der Waals surface area (Å²) in [4.78, 5) is 26.7. The van der Waals surface area contributed by atoms with E-state index >= 15 is 0 Å². The molecule has 2 atom stereocenters. The zero-order valence-corrected chi connectivity index (χ0v) is 24.1. The minimum atomic E-state index is -0.0377. The summed E-state index contributed by atoms with van der Waals surface area (Å²) in [5, 5.41) is 8.93. The van der Waals surface area contributed by atoms with Gasteiger partial charge in [0, 0.05) is 43.2 Å². The largest absolute Gasteiger partial charge is 0.437 e. The summed E-state index contributed by atoms with van der Waals surface area (Å²) in [5.74, 6) is 2.65. The van der Waals surface area contributed by atoms with Gasteiger partial charge < -0.3 is 15.4 Å². The van der Waals surface area contributed by atoms with Gasteiger partial charge in [0.05, 0.1) is 11.3 Å². The van der Waals surface area contributed by atoms with Crippen molar-refractivity contribution in [3.05, 3.63) is 72.1 Å². The van der Waals surface area contributed by atoms with E-state index < -0.39 is 0 Å². The number of aryl methyl sites for hydroxylation is 1. The van der Waals surface area contributed by atoms with Crippen molar-refractivity contribution in [2.45, 2.75) is 59.9 Å². The number of ketones is 1. The van der Waals surface area contributed by atoms with Crippen molar-refractivity contribution in [1.29, 1.82) is 0 Å². The topological polar surface area (TPSA) is 89.0 Å². The number of piperidine rings is 1. The Morgan fingerprint density at radius 1 is 1.02 bits per heavy atom. The average molecular weight is 538 g/mol. The molecule has 5 rings (SSSR count). The van der Waals surface area contributed by atoms with Gasteiger partial charge in [0.25, 0.3) is 0 Å². The first-order valence-electron chi connectivity index (χ1n) is 14.1. The molecular formula is C33H39N5O2. The van der Waals surface area contributed by atoms with Crippen molar-refractivity contribution in [1.82, 2.24) is 20.3 Å². The second-order valence-corrected chi connectivity index (χ2v) is 12.2. The number of nitrogens with zero attached hydrogens (tertiary/aromatic N) is 3. The highest BCUT2D eigenvalue weighted by Gasteiger charge is 2.21. The molecule has 0 unspecified atom stereocenters. The van der Waals surface area contributed by atoms with Crippen LogP contribution in [0.4, 0.5) is 5.95 Å². The van der Waals surface area contributed by atoms with Crippen molar-refractivity contribution in [2.24, 2.45) is 11.3 Å². The number of nitrogens with one attached hydrogen (secondary N) is 2. The molecule has 0 spiro atoms. The maximum Gasteiger partial charge on any atom is 0.228 e. The number of Topliss-reactive ketones (excluding diaryl/α,β-unsaturated/α-hetero) is 1. The highest BCUT2D eigenvalue weighted by atomic mass is 16.5. The second-order valence-electron chi connectivity index (χ2n) is 12.2. The van der Waals surface area contributed by atoms with Crippen molar-refractivity contribution < 1.29 is 9.53 Å². The van der Waals surface area contributed by atoms with Gasteiger partial charge in [-0.25, -0.2) is 15.0 Å². The first-order chi connectivity index (χ1) is 19.2. The van der Waals surface area contributed by atoms with E-state index in [4.69, 9.17) is 9.72 Å². The van der Waals surface area contributed by atoms with Crippen molar-refractivity contribution in [2.75, 3.05) is 18.4 Å². The van der Waals surface area contributed by atoms with E-state index in [1.165, 1.54) is 0 Å². The summed E-state index contributed by atoms with van der Waals surface area (Å²) in [6, 6.07) is 16.2. The molecule has 2 aromatic heterocycles. The van der Waals surface area contributed by atoms with E-state index in [2.05, 4.69) is 54.4 Å². The van der Waals surface area contributed by atoms with E-state index in [0.29, 0.717) is 30.6 Å². The lowest BCUT2D eigenvalue weighted by atomic mass is 9.87. The van der Waals surface area contributed by atoms with Crippen molar-refractivity contribution in [3.8, 4) is 22.9 Å². The smallest absolute Gasteiger partial charge is 0.228 e. The van der Waals surface area contributed by atoms with Crippen LogP contribution in [0, 0.1) is 18.3 Å². The Bertz CT molecular complexity index is 1510. The van der Waals surface area contributed by atoms with Crippen LogP contribution < -0.4 is 15.4 Å². The molecule has 1 fully saturated rings. The molecule has 7 heteroatoms. The van der Waals surface area contributed by atoms with Gasteiger partial charge in [-0.2, -0.15) is 0 Å². The fraction of sp³-hybridized carbons (Fsp3) is 0.394. The lowest BCUT2D eigenvalue weighted by molar-refractivity contribution is -0.120. The first-order valence-corrected chi connectivity index (χ1v) is 14.1. The van der Waals surface area contributed by atoms with Gasteiger partial charge in [0.2, 0.25) is 11.8 Å². The average Bonchev–Trinajstić information content (AvgIpc) is 2.90. The summed E-state index contributed by atoms with van der Waals surface area (Å²) >= 11 is 0. The first kappa shape index (κ1) is 27.7. The zero-order valence-electron chi connectivity index (χ0n) is 24.1. The lowest BCUT2D eigenvalue weighted by Crippen LogP contribution is -2.42. The maximum atomic E-state index is 12.8. The minimum absolute atomic E-state index is 0.0377. The van der Waals surface area contributed by atoms with Crippen LogP contribution in [0.3, 0.4) is 0 Å². The van der Waals surface area contributed by atoms with Gasteiger partial charge >= 0.3 is 0 Å². The minimum Gasteiger partial charge on any atom is -0.437 e. The predicted octanol–water partition coefficient (Wildman–Crippen LogP) is 6.75. The van der Waals surface area contributed by atoms with Crippen LogP contribution in [0.15, 0.2) is 60.9 Å².